The first-order chi connectivity index (χ1) is 17.8. The van der Waals surface area contributed by atoms with E-state index < -0.39 is 6.17 Å². The summed E-state index contributed by atoms with van der Waals surface area (Å²) in [6.07, 6.45) is 4.80. The van der Waals surface area contributed by atoms with Crippen LogP contribution in [-0.2, 0) is 0 Å². The van der Waals surface area contributed by atoms with E-state index in [-0.39, 0.29) is 11.8 Å². The van der Waals surface area contributed by atoms with Crippen LogP contribution in [0.4, 0.5) is 17.3 Å². The van der Waals surface area contributed by atoms with E-state index in [0.29, 0.717) is 17.3 Å². The van der Waals surface area contributed by atoms with Crippen molar-refractivity contribution in [1.82, 2.24) is 15.0 Å². The molecular formula is C29H21N5O2. The molecule has 7 heteroatoms. The van der Waals surface area contributed by atoms with Crippen LogP contribution in [0, 0.1) is 0 Å². The summed E-state index contributed by atoms with van der Waals surface area (Å²) in [6, 6.07) is 25.6. The topological polar surface area (TPSA) is 71.5 Å². The van der Waals surface area contributed by atoms with Crippen LogP contribution in [0.1, 0.15) is 27.4 Å². The van der Waals surface area contributed by atoms with Crippen LogP contribution in [-0.4, -0.2) is 34.1 Å². The molecule has 0 radical (unpaired) electrons. The minimum atomic E-state index is -0.411. The third kappa shape index (κ3) is 2.86. The van der Waals surface area contributed by atoms with Crippen LogP contribution in [0.15, 0.2) is 97.5 Å². The lowest BCUT2D eigenvalue weighted by atomic mass is 9.83. The number of methoxy groups -OCH3 is 1. The van der Waals surface area contributed by atoms with Gasteiger partial charge in [0, 0.05) is 29.5 Å². The summed E-state index contributed by atoms with van der Waals surface area (Å²) in [5, 5.41) is 0.966. The number of nitrogens with zero attached hydrogens (tertiary/aromatic N) is 5. The normalized spacial score (nSPS) is 18.1. The molecule has 1 amide bonds. The van der Waals surface area contributed by atoms with Crippen LogP contribution in [0.3, 0.4) is 0 Å². The van der Waals surface area contributed by atoms with Crippen molar-refractivity contribution in [3.8, 4) is 5.75 Å². The van der Waals surface area contributed by atoms with Gasteiger partial charge in [-0.25, -0.2) is 9.97 Å². The number of pyridine rings is 1. The van der Waals surface area contributed by atoms with Gasteiger partial charge in [0.05, 0.1) is 29.9 Å². The van der Waals surface area contributed by atoms with Crippen molar-refractivity contribution in [1.29, 1.82) is 0 Å². The number of rotatable bonds is 3. The Kier molecular flexibility index (Phi) is 4.51. The van der Waals surface area contributed by atoms with E-state index in [9.17, 15) is 4.79 Å². The predicted octanol–water partition coefficient (Wildman–Crippen LogP) is 5.30. The van der Waals surface area contributed by atoms with Gasteiger partial charge in [-0.05, 0) is 47.5 Å². The zero-order chi connectivity index (χ0) is 24.2. The molecule has 0 N–H and O–H groups in total. The molecular weight excluding hydrogens is 450 g/mol. The molecule has 0 aliphatic carbocycles. The van der Waals surface area contributed by atoms with E-state index in [1.807, 2.05) is 65.6 Å². The Morgan fingerprint density at radius 3 is 2.39 bits per heavy atom. The van der Waals surface area contributed by atoms with E-state index in [0.717, 1.165) is 33.4 Å². The van der Waals surface area contributed by atoms with Gasteiger partial charge in [0.1, 0.15) is 11.9 Å². The number of hydrogen-bond donors (Lipinski definition) is 0. The largest absolute Gasteiger partial charge is 0.497 e. The number of anilines is 3. The molecule has 2 atom stereocenters. The van der Waals surface area contributed by atoms with E-state index in [1.165, 1.54) is 0 Å². The van der Waals surface area contributed by atoms with Gasteiger partial charge in [-0.3, -0.25) is 19.6 Å². The quantitative estimate of drug-likeness (QED) is 0.355. The Bertz CT molecular complexity index is 1630. The number of carbonyl (C=O) groups is 1. The zero-order valence-corrected chi connectivity index (χ0v) is 19.4. The molecule has 7 nitrogen and oxygen atoms in total. The standard InChI is InChI=1S/C29H21N5O2/c1-36-19-12-13-20-22(17-19)28(35)33(24-11-4-7-18-8-5-14-30-26(18)24)27-25(20)21-9-2-3-10-23(21)34(27)29-31-15-6-16-32-29/h2-17,25,27H,1H3/t25-,27+/m1/s1. The fraction of sp³-hybridized carbons (Fsp3) is 0.103. The first-order valence-electron chi connectivity index (χ1n) is 11.8. The summed E-state index contributed by atoms with van der Waals surface area (Å²) in [7, 11) is 1.61. The molecule has 174 valence electrons. The van der Waals surface area contributed by atoms with E-state index >= 15 is 0 Å². The molecule has 0 fully saturated rings. The van der Waals surface area contributed by atoms with Gasteiger partial charge in [-0.15, -0.1) is 0 Å². The van der Waals surface area contributed by atoms with Gasteiger partial charge < -0.3 is 4.74 Å². The highest BCUT2D eigenvalue weighted by Gasteiger charge is 2.51. The summed E-state index contributed by atoms with van der Waals surface area (Å²) < 4.78 is 5.50. The Labute approximate surface area is 207 Å². The SMILES string of the molecule is COc1ccc2c(c1)C(=O)N(c1cccc3cccnc13)[C@@H]1[C@H]2c2ccccc2N1c1ncccn1. The van der Waals surface area contributed by atoms with Crippen molar-refractivity contribution in [3.05, 3.63) is 114 Å². The van der Waals surface area contributed by atoms with Gasteiger partial charge in [-0.1, -0.05) is 42.5 Å². The molecule has 36 heavy (non-hydrogen) atoms. The van der Waals surface area contributed by atoms with E-state index in [4.69, 9.17) is 4.74 Å². The smallest absolute Gasteiger partial charge is 0.260 e. The molecule has 5 aromatic rings. The van der Waals surface area contributed by atoms with Crippen molar-refractivity contribution in [2.45, 2.75) is 12.1 Å². The zero-order valence-electron chi connectivity index (χ0n) is 19.4. The minimum Gasteiger partial charge on any atom is -0.497 e. The van der Waals surface area contributed by atoms with E-state index in [2.05, 4.69) is 32.0 Å². The summed E-state index contributed by atoms with van der Waals surface area (Å²) >= 11 is 0. The number of aromatic nitrogens is 3. The van der Waals surface area contributed by atoms with Gasteiger partial charge >= 0.3 is 0 Å². The van der Waals surface area contributed by atoms with Crippen LogP contribution in [0.2, 0.25) is 0 Å². The predicted molar refractivity (Wildman–Crippen MR) is 138 cm³/mol. The highest BCUT2D eigenvalue weighted by atomic mass is 16.5. The molecule has 3 aromatic carbocycles. The molecule has 0 unspecified atom stereocenters. The second-order valence-electron chi connectivity index (χ2n) is 8.85. The van der Waals surface area contributed by atoms with Gasteiger partial charge in [0.25, 0.3) is 5.91 Å². The molecule has 7 rings (SSSR count). The van der Waals surface area contributed by atoms with E-state index in [1.54, 1.807) is 31.8 Å². The highest BCUT2D eigenvalue weighted by Crippen LogP contribution is 2.53. The Morgan fingerprint density at radius 1 is 0.750 bits per heavy atom. The molecule has 0 saturated carbocycles. The van der Waals surface area contributed by atoms with Crippen LogP contribution >= 0.6 is 0 Å². The summed E-state index contributed by atoms with van der Waals surface area (Å²) in [5.74, 6) is 0.950. The molecule has 0 bridgehead atoms. The first kappa shape index (κ1) is 20.6. The number of amides is 1. The van der Waals surface area contributed by atoms with Crippen molar-refractivity contribution < 1.29 is 9.53 Å². The second kappa shape index (κ2) is 7.88. The fourth-order valence-corrected chi connectivity index (χ4v) is 5.56. The third-order valence-electron chi connectivity index (χ3n) is 7.04. The highest BCUT2D eigenvalue weighted by molar-refractivity contribution is 6.14. The van der Waals surface area contributed by atoms with Gasteiger partial charge in [0.15, 0.2) is 0 Å². The lowest BCUT2D eigenvalue weighted by molar-refractivity contribution is 0.0965. The van der Waals surface area contributed by atoms with Gasteiger partial charge in [-0.2, -0.15) is 0 Å². The lowest BCUT2D eigenvalue weighted by Crippen LogP contribution is -2.54. The number of benzene rings is 3. The third-order valence-corrected chi connectivity index (χ3v) is 7.04. The molecule has 0 spiro atoms. The minimum absolute atomic E-state index is 0.114. The average Bonchev–Trinajstić information content (AvgIpc) is 3.28. The molecule has 4 heterocycles. The summed E-state index contributed by atoms with van der Waals surface area (Å²) in [5.41, 5.74) is 5.19. The molecule has 2 aromatic heterocycles. The molecule has 0 saturated heterocycles. The Morgan fingerprint density at radius 2 is 1.53 bits per heavy atom. The second-order valence-corrected chi connectivity index (χ2v) is 8.85. The van der Waals surface area contributed by atoms with Crippen molar-refractivity contribution in [3.63, 3.8) is 0 Å². The Hall–Kier alpha value is -4.78. The molecule has 2 aliphatic heterocycles. The fourth-order valence-electron chi connectivity index (χ4n) is 5.56. The number of fused-ring (bicyclic) bond motifs is 6. The van der Waals surface area contributed by atoms with Crippen LogP contribution in [0.5, 0.6) is 5.75 Å². The molecule has 2 aliphatic rings. The lowest BCUT2D eigenvalue weighted by Gasteiger charge is -2.42. The van der Waals surface area contributed by atoms with Crippen molar-refractivity contribution in [2.75, 3.05) is 16.9 Å². The maximum atomic E-state index is 14.4. The number of carbonyl (C=O) groups excluding carboxylic acids is 1. The monoisotopic (exact) mass is 471 g/mol. The van der Waals surface area contributed by atoms with Crippen molar-refractivity contribution >= 4 is 34.1 Å². The number of ether oxygens (including phenoxy) is 1. The summed E-state index contributed by atoms with van der Waals surface area (Å²) in [4.78, 5) is 32.2. The number of para-hydroxylation sites is 2. The first-order valence-corrected chi connectivity index (χ1v) is 11.8. The average molecular weight is 472 g/mol. The van der Waals surface area contributed by atoms with Gasteiger partial charge in [0.2, 0.25) is 5.95 Å². The Balaban J connectivity index is 1.55. The number of hydrogen-bond acceptors (Lipinski definition) is 6. The maximum Gasteiger partial charge on any atom is 0.260 e. The van der Waals surface area contributed by atoms with Crippen LogP contribution in [0.25, 0.3) is 10.9 Å². The maximum absolute atomic E-state index is 14.4. The summed E-state index contributed by atoms with van der Waals surface area (Å²) in [6.45, 7) is 0. The van der Waals surface area contributed by atoms with Crippen molar-refractivity contribution in [2.24, 2.45) is 0 Å². The van der Waals surface area contributed by atoms with Crippen LogP contribution < -0.4 is 14.5 Å².